The number of hydrogen-bond donors (Lipinski definition) is 2. The summed E-state index contributed by atoms with van der Waals surface area (Å²) in [5, 5.41) is 0. The topological polar surface area (TPSA) is 102 Å². The summed E-state index contributed by atoms with van der Waals surface area (Å²) < 4.78 is 59.4. The van der Waals surface area contributed by atoms with Crippen LogP contribution >= 0.6 is 15.9 Å². The van der Waals surface area contributed by atoms with Crippen LogP contribution in [0.2, 0.25) is 0 Å². The van der Waals surface area contributed by atoms with Crippen molar-refractivity contribution in [2.75, 3.05) is 13.4 Å². The molecule has 0 aliphatic heterocycles. The second-order valence-corrected chi connectivity index (χ2v) is 10.2. The van der Waals surface area contributed by atoms with Crippen molar-refractivity contribution in [3.8, 4) is 5.75 Å². The van der Waals surface area contributed by atoms with E-state index in [-0.39, 0.29) is 10.6 Å². The molecule has 24 heavy (non-hydrogen) atoms. The monoisotopic (exact) mass is 440 g/mol. The highest BCUT2D eigenvalue weighted by molar-refractivity contribution is 9.10. The number of halogens is 1. The minimum atomic E-state index is -3.85. The molecule has 2 N–H and O–H groups in total. The number of nitrogens with one attached hydrogen (secondary N) is 2. The van der Waals surface area contributed by atoms with Gasteiger partial charge in [-0.05, 0) is 31.0 Å². The van der Waals surface area contributed by atoms with Crippen LogP contribution in [0.25, 0.3) is 0 Å². The van der Waals surface area contributed by atoms with Crippen molar-refractivity contribution in [3.63, 3.8) is 0 Å². The largest absolute Gasteiger partial charge is 0.495 e. The SMILES string of the molecule is COc1ccc(Br)cc1S(=O)(=O)N[C@H]1CCCC[C@@H]1NS(C)(=O)=O. The zero-order valence-electron chi connectivity index (χ0n) is 13.5. The van der Waals surface area contributed by atoms with Gasteiger partial charge in [0.05, 0.1) is 13.4 Å². The van der Waals surface area contributed by atoms with Gasteiger partial charge >= 0.3 is 0 Å². The van der Waals surface area contributed by atoms with Gasteiger partial charge in [0.25, 0.3) is 0 Å². The molecule has 0 aromatic heterocycles. The van der Waals surface area contributed by atoms with Crippen LogP contribution in [0.4, 0.5) is 0 Å². The molecule has 7 nitrogen and oxygen atoms in total. The maximum atomic E-state index is 12.8. The lowest BCUT2D eigenvalue weighted by molar-refractivity contribution is 0.340. The molecule has 1 aromatic carbocycles. The van der Waals surface area contributed by atoms with Gasteiger partial charge in [-0.2, -0.15) is 0 Å². The molecule has 2 atom stereocenters. The fourth-order valence-electron chi connectivity index (χ4n) is 2.81. The first kappa shape index (κ1) is 19.6. The van der Waals surface area contributed by atoms with E-state index in [0.717, 1.165) is 19.1 Å². The van der Waals surface area contributed by atoms with E-state index in [1.54, 1.807) is 12.1 Å². The molecule has 0 saturated heterocycles. The maximum absolute atomic E-state index is 12.8. The summed E-state index contributed by atoms with van der Waals surface area (Å²) in [6, 6.07) is 3.75. The number of rotatable bonds is 6. The molecule has 1 aliphatic rings. The molecule has 136 valence electrons. The van der Waals surface area contributed by atoms with Crippen LogP contribution in [-0.4, -0.2) is 42.3 Å². The summed E-state index contributed by atoms with van der Waals surface area (Å²) >= 11 is 3.26. The van der Waals surface area contributed by atoms with E-state index in [1.807, 2.05) is 0 Å². The zero-order chi connectivity index (χ0) is 18.0. The van der Waals surface area contributed by atoms with E-state index in [2.05, 4.69) is 25.4 Å². The third kappa shape index (κ3) is 5.16. The van der Waals surface area contributed by atoms with E-state index in [0.29, 0.717) is 17.3 Å². The minimum Gasteiger partial charge on any atom is -0.495 e. The van der Waals surface area contributed by atoms with Crippen LogP contribution in [-0.2, 0) is 20.0 Å². The first-order valence-corrected chi connectivity index (χ1v) is 11.6. The second kappa shape index (κ2) is 7.69. The molecule has 0 bridgehead atoms. The Bertz CT molecular complexity index is 795. The van der Waals surface area contributed by atoms with E-state index >= 15 is 0 Å². The van der Waals surface area contributed by atoms with Crippen LogP contribution in [0.5, 0.6) is 5.75 Å². The average molecular weight is 441 g/mol. The third-order valence-corrected chi connectivity index (χ3v) is 6.59. The summed E-state index contributed by atoms with van der Waals surface area (Å²) in [5.74, 6) is 0.231. The minimum absolute atomic E-state index is 0.0167. The van der Waals surface area contributed by atoms with Gasteiger partial charge in [0.1, 0.15) is 10.6 Å². The van der Waals surface area contributed by atoms with Gasteiger partial charge in [-0.25, -0.2) is 26.3 Å². The lowest BCUT2D eigenvalue weighted by Crippen LogP contribution is -2.52. The molecule has 1 fully saturated rings. The van der Waals surface area contributed by atoms with Crippen LogP contribution in [0.1, 0.15) is 25.7 Å². The summed E-state index contributed by atoms with van der Waals surface area (Å²) in [7, 11) is -5.87. The van der Waals surface area contributed by atoms with Gasteiger partial charge in [-0.3, -0.25) is 0 Å². The van der Waals surface area contributed by atoms with Gasteiger partial charge < -0.3 is 4.74 Å². The van der Waals surface area contributed by atoms with Crippen molar-refractivity contribution < 1.29 is 21.6 Å². The molecule has 10 heteroatoms. The Balaban J connectivity index is 2.28. The standard InChI is InChI=1S/C14H21BrN2O5S2/c1-22-13-8-7-10(15)9-14(13)24(20,21)17-12-6-4-3-5-11(12)16-23(2,18)19/h7-9,11-12,16-17H,3-6H2,1-2H3/t11-,12-/m0/s1. The molecule has 1 saturated carbocycles. The summed E-state index contributed by atoms with van der Waals surface area (Å²) in [4.78, 5) is 0.0167. The highest BCUT2D eigenvalue weighted by Crippen LogP contribution is 2.28. The zero-order valence-corrected chi connectivity index (χ0v) is 16.7. The van der Waals surface area contributed by atoms with Gasteiger partial charge in [0.2, 0.25) is 20.0 Å². The fourth-order valence-corrected chi connectivity index (χ4v) is 5.66. The fraction of sp³-hybridized carbons (Fsp3) is 0.571. The van der Waals surface area contributed by atoms with Crippen LogP contribution in [0, 0.1) is 0 Å². The third-order valence-electron chi connectivity index (χ3n) is 3.85. The molecule has 1 aromatic rings. The van der Waals surface area contributed by atoms with Crippen molar-refractivity contribution in [3.05, 3.63) is 22.7 Å². The summed E-state index contributed by atoms with van der Waals surface area (Å²) in [6.45, 7) is 0. The maximum Gasteiger partial charge on any atom is 0.244 e. The molecular formula is C14H21BrN2O5S2. The Labute approximate surface area is 151 Å². The molecule has 1 aliphatic carbocycles. The molecule has 0 heterocycles. The van der Waals surface area contributed by atoms with Crippen LogP contribution in [0.15, 0.2) is 27.6 Å². The Morgan fingerprint density at radius 2 is 1.67 bits per heavy atom. The first-order chi connectivity index (χ1) is 11.1. The number of hydrogen-bond acceptors (Lipinski definition) is 5. The van der Waals surface area contributed by atoms with Crippen LogP contribution < -0.4 is 14.2 Å². The van der Waals surface area contributed by atoms with Gasteiger partial charge in [0.15, 0.2) is 0 Å². The molecule has 0 unspecified atom stereocenters. The van der Waals surface area contributed by atoms with Crippen molar-refractivity contribution in [2.45, 2.75) is 42.7 Å². The number of methoxy groups -OCH3 is 1. The van der Waals surface area contributed by atoms with Gasteiger partial charge in [0, 0.05) is 16.6 Å². The predicted octanol–water partition coefficient (Wildman–Crippen LogP) is 1.60. The number of benzene rings is 1. The van der Waals surface area contributed by atoms with E-state index in [4.69, 9.17) is 4.74 Å². The van der Waals surface area contributed by atoms with Crippen molar-refractivity contribution in [1.82, 2.24) is 9.44 Å². The van der Waals surface area contributed by atoms with Crippen molar-refractivity contribution in [2.24, 2.45) is 0 Å². The smallest absolute Gasteiger partial charge is 0.244 e. The average Bonchev–Trinajstić information content (AvgIpc) is 2.47. The van der Waals surface area contributed by atoms with E-state index in [9.17, 15) is 16.8 Å². The molecule has 0 spiro atoms. The first-order valence-electron chi connectivity index (χ1n) is 7.45. The number of ether oxygens (including phenoxy) is 1. The van der Waals surface area contributed by atoms with E-state index < -0.39 is 32.1 Å². The normalized spacial score (nSPS) is 22.3. The molecule has 0 amide bonds. The highest BCUT2D eigenvalue weighted by Gasteiger charge is 2.32. The van der Waals surface area contributed by atoms with Crippen molar-refractivity contribution in [1.29, 1.82) is 0 Å². The quantitative estimate of drug-likeness (QED) is 0.699. The summed E-state index contributed by atoms with van der Waals surface area (Å²) in [6.07, 6.45) is 3.93. The van der Waals surface area contributed by atoms with Crippen LogP contribution in [0.3, 0.4) is 0 Å². The van der Waals surface area contributed by atoms with Gasteiger partial charge in [-0.1, -0.05) is 28.8 Å². The molecule has 0 radical (unpaired) electrons. The second-order valence-electron chi connectivity index (χ2n) is 5.80. The Morgan fingerprint density at radius 1 is 1.08 bits per heavy atom. The highest BCUT2D eigenvalue weighted by atomic mass is 79.9. The Morgan fingerprint density at radius 3 is 2.21 bits per heavy atom. The molecule has 2 rings (SSSR count). The van der Waals surface area contributed by atoms with Gasteiger partial charge in [-0.15, -0.1) is 0 Å². The lowest BCUT2D eigenvalue weighted by Gasteiger charge is -2.32. The molecular weight excluding hydrogens is 420 g/mol. The van der Waals surface area contributed by atoms with E-state index in [1.165, 1.54) is 13.2 Å². The Kier molecular flexibility index (Phi) is 6.29. The summed E-state index contributed by atoms with van der Waals surface area (Å²) in [5.41, 5.74) is 0. The van der Waals surface area contributed by atoms with Crippen molar-refractivity contribution >= 4 is 36.0 Å². The number of sulfonamides is 2. The predicted molar refractivity (Wildman–Crippen MR) is 95.0 cm³/mol. The lowest BCUT2D eigenvalue weighted by atomic mass is 9.92. The Hall–Kier alpha value is -0.680.